The zero-order chi connectivity index (χ0) is 16.8. The predicted octanol–water partition coefficient (Wildman–Crippen LogP) is 3.85. The van der Waals surface area contributed by atoms with Crippen molar-refractivity contribution in [1.82, 2.24) is 14.8 Å². The summed E-state index contributed by atoms with van der Waals surface area (Å²) in [4.78, 5) is 12.1. The Balaban J connectivity index is 1.97. The van der Waals surface area contributed by atoms with Gasteiger partial charge in [-0.15, -0.1) is 10.2 Å². The summed E-state index contributed by atoms with van der Waals surface area (Å²) in [7, 11) is 0. The largest absolute Gasteiger partial charge is 0.325 e. The van der Waals surface area contributed by atoms with E-state index in [1.54, 1.807) is 0 Å². The Morgan fingerprint density at radius 3 is 2.57 bits per heavy atom. The Hall–Kier alpha value is -1.82. The summed E-state index contributed by atoms with van der Waals surface area (Å²) < 4.78 is 2.12. The van der Waals surface area contributed by atoms with Crippen LogP contribution in [0.2, 0.25) is 0 Å². The average Bonchev–Trinajstić information content (AvgIpc) is 2.91. The molecule has 1 aromatic carbocycles. The maximum absolute atomic E-state index is 12.1. The molecule has 0 radical (unpaired) electrons. The Morgan fingerprint density at radius 1 is 1.26 bits per heavy atom. The van der Waals surface area contributed by atoms with Gasteiger partial charge in [0, 0.05) is 18.2 Å². The number of rotatable bonds is 7. The van der Waals surface area contributed by atoms with Crippen molar-refractivity contribution in [2.75, 3.05) is 11.1 Å². The number of amides is 1. The highest BCUT2D eigenvalue weighted by Gasteiger charge is 2.15. The van der Waals surface area contributed by atoms with Gasteiger partial charge in [0.2, 0.25) is 5.91 Å². The Labute approximate surface area is 141 Å². The first-order valence-corrected chi connectivity index (χ1v) is 8.92. The maximum Gasteiger partial charge on any atom is 0.234 e. The topological polar surface area (TPSA) is 59.8 Å². The van der Waals surface area contributed by atoms with Gasteiger partial charge in [-0.1, -0.05) is 50.2 Å². The number of hydrogen-bond donors (Lipinski definition) is 1. The van der Waals surface area contributed by atoms with Crippen molar-refractivity contribution in [2.45, 2.75) is 51.7 Å². The van der Waals surface area contributed by atoms with Crippen LogP contribution in [0.3, 0.4) is 0 Å². The first-order chi connectivity index (χ1) is 11.0. The van der Waals surface area contributed by atoms with Crippen molar-refractivity contribution < 1.29 is 4.79 Å². The van der Waals surface area contributed by atoms with Crippen LogP contribution in [0.5, 0.6) is 0 Å². The minimum absolute atomic E-state index is 0.0315. The molecule has 1 amide bonds. The first-order valence-electron chi connectivity index (χ1n) is 7.93. The van der Waals surface area contributed by atoms with E-state index in [0.717, 1.165) is 29.6 Å². The highest BCUT2D eigenvalue weighted by molar-refractivity contribution is 7.99. The second-order valence-electron chi connectivity index (χ2n) is 5.85. The van der Waals surface area contributed by atoms with Crippen LogP contribution < -0.4 is 5.32 Å². The molecule has 5 nitrogen and oxygen atoms in total. The summed E-state index contributed by atoms with van der Waals surface area (Å²) in [6.45, 7) is 9.24. The summed E-state index contributed by atoms with van der Waals surface area (Å²) in [5.74, 6) is 1.60. The number of carbonyl (C=O) groups excluding carboxylic acids is 1. The molecule has 0 saturated carbocycles. The van der Waals surface area contributed by atoms with Crippen molar-refractivity contribution in [1.29, 1.82) is 0 Å². The molecule has 0 aliphatic carbocycles. The lowest BCUT2D eigenvalue weighted by Gasteiger charge is -2.10. The van der Waals surface area contributed by atoms with E-state index in [9.17, 15) is 4.79 Å². The maximum atomic E-state index is 12.1. The molecule has 0 unspecified atom stereocenters. The minimum atomic E-state index is -0.0315. The van der Waals surface area contributed by atoms with Gasteiger partial charge < -0.3 is 9.88 Å². The summed E-state index contributed by atoms with van der Waals surface area (Å²) in [6.07, 6.45) is 1.01. The van der Waals surface area contributed by atoms with Crippen molar-refractivity contribution in [3.05, 3.63) is 35.7 Å². The van der Waals surface area contributed by atoms with Crippen molar-refractivity contribution in [3.63, 3.8) is 0 Å². The van der Waals surface area contributed by atoms with Crippen LogP contribution >= 0.6 is 11.8 Å². The number of carbonyl (C=O) groups is 1. The number of benzene rings is 1. The zero-order valence-electron chi connectivity index (χ0n) is 14.2. The second-order valence-corrected chi connectivity index (χ2v) is 6.79. The number of aromatic nitrogens is 3. The molecular weight excluding hydrogens is 308 g/mol. The van der Waals surface area contributed by atoms with Gasteiger partial charge in [-0.2, -0.15) is 0 Å². The number of anilines is 1. The smallest absolute Gasteiger partial charge is 0.234 e. The number of hydrogen-bond acceptors (Lipinski definition) is 4. The van der Waals surface area contributed by atoms with Crippen LogP contribution in [0.1, 0.15) is 44.5 Å². The summed E-state index contributed by atoms with van der Waals surface area (Å²) in [6, 6.07) is 7.79. The van der Waals surface area contributed by atoms with E-state index in [-0.39, 0.29) is 5.91 Å². The number of nitrogens with one attached hydrogen (secondary N) is 1. The first kappa shape index (κ1) is 17.5. The Kier molecular flexibility index (Phi) is 6.21. The Bertz CT molecular complexity index is 649. The Morgan fingerprint density at radius 2 is 1.96 bits per heavy atom. The molecule has 0 bridgehead atoms. The standard InChI is InChI=1S/C17H24N4OS/c1-5-10-21-16(12(2)3)19-20-17(21)23-11-15(22)18-14-8-6-13(4)7-9-14/h6-9,12H,5,10-11H2,1-4H3,(H,18,22). The van der Waals surface area contributed by atoms with Gasteiger partial charge in [-0.25, -0.2) is 0 Å². The number of nitrogens with zero attached hydrogens (tertiary/aromatic N) is 3. The third-order valence-corrected chi connectivity index (χ3v) is 4.34. The lowest BCUT2D eigenvalue weighted by atomic mass is 10.2. The van der Waals surface area contributed by atoms with Gasteiger partial charge in [0.1, 0.15) is 5.82 Å². The fourth-order valence-corrected chi connectivity index (χ4v) is 3.00. The molecule has 0 aliphatic heterocycles. The van der Waals surface area contributed by atoms with Crippen molar-refractivity contribution in [3.8, 4) is 0 Å². The van der Waals surface area contributed by atoms with Crippen LogP contribution in [0.25, 0.3) is 0 Å². The molecule has 1 aromatic heterocycles. The fourth-order valence-electron chi connectivity index (χ4n) is 2.23. The highest BCUT2D eigenvalue weighted by Crippen LogP contribution is 2.22. The molecule has 23 heavy (non-hydrogen) atoms. The van der Waals surface area contributed by atoms with E-state index >= 15 is 0 Å². The lowest BCUT2D eigenvalue weighted by molar-refractivity contribution is -0.113. The molecular formula is C17H24N4OS. The van der Waals surface area contributed by atoms with Crippen LogP contribution in [-0.4, -0.2) is 26.4 Å². The van der Waals surface area contributed by atoms with E-state index in [0.29, 0.717) is 11.7 Å². The van der Waals surface area contributed by atoms with E-state index in [4.69, 9.17) is 0 Å². The molecule has 1 N–H and O–H groups in total. The molecule has 0 aliphatic rings. The molecule has 0 saturated heterocycles. The third-order valence-electron chi connectivity index (χ3n) is 3.38. The molecule has 124 valence electrons. The van der Waals surface area contributed by atoms with Gasteiger partial charge >= 0.3 is 0 Å². The molecule has 0 spiro atoms. The summed E-state index contributed by atoms with van der Waals surface area (Å²) in [5.41, 5.74) is 1.99. The van der Waals surface area contributed by atoms with E-state index in [1.165, 1.54) is 17.3 Å². The molecule has 2 aromatic rings. The summed E-state index contributed by atoms with van der Waals surface area (Å²) >= 11 is 1.43. The molecule has 1 heterocycles. The molecule has 0 atom stereocenters. The molecule has 6 heteroatoms. The van der Waals surface area contributed by atoms with Gasteiger partial charge in [0.05, 0.1) is 5.75 Å². The summed E-state index contributed by atoms with van der Waals surface area (Å²) in [5, 5.41) is 12.2. The lowest BCUT2D eigenvalue weighted by Crippen LogP contribution is -2.15. The SMILES string of the molecule is CCCn1c(SCC(=O)Nc2ccc(C)cc2)nnc1C(C)C. The van der Waals surface area contributed by atoms with Crippen molar-refractivity contribution >= 4 is 23.4 Å². The van der Waals surface area contributed by atoms with Gasteiger partial charge in [-0.3, -0.25) is 4.79 Å². The van der Waals surface area contributed by atoms with Crippen LogP contribution in [0.4, 0.5) is 5.69 Å². The van der Waals surface area contributed by atoms with E-state index < -0.39 is 0 Å². The average molecular weight is 332 g/mol. The highest BCUT2D eigenvalue weighted by atomic mass is 32.2. The zero-order valence-corrected chi connectivity index (χ0v) is 15.0. The van der Waals surface area contributed by atoms with Gasteiger partial charge in [0.25, 0.3) is 0 Å². The second kappa shape index (κ2) is 8.15. The van der Waals surface area contributed by atoms with E-state index in [2.05, 4.69) is 40.9 Å². The molecule has 0 fully saturated rings. The minimum Gasteiger partial charge on any atom is -0.325 e. The number of aryl methyl sites for hydroxylation is 1. The monoisotopic (exact) mass is 332 g/mol. The number of thioether (sulfide) groups is 1. The quantitative estimate of drug-likeness (QED) is 0.782. The van der Waals surface area contributed by atoms with Crippen LogP contribution in [0, 0.1) is 6.92 Å². The van der Waals surface area contributed by atoms with Crippen LogP contribution in [-0.2, 0) is 11.3 Å². The van der Waals surface area contributed by atoms with Gasteiger partial charge in [0.15, 0.2) is 5.16 Å². The molecule has 2 rings (SSSR count). The normalized spacial score (nSPS) is 11.0. The van der Waals surface area contributed by atoms with Crippen molar-refractivity contribution in [2.24, 2.45) is 0 Å². The van der Waals surface area contributed by atoms with Crippen LogP contribution in [0.15, 0.2) is 29.4 Å². The predicted molar refractivity (Wildman–Crippen MR) is 94.9 cm³/mol. The fraction of sp³-hybridized carbons (Fsp3) is 0.471. The van der Waals surface area contributed by atoms with E-state index in [1.807, 2.05) is 31.2 Å². The van der Waals surface area contributed by atoms with Gasteiger partial charge in [-0.05, 0) is 25.5 Å². The third kappa shape index (κ3) is 4.82.